The second-order valence-electron chi connectivity index (χ2n) is 4.82. The van der Waals surface area contributed by atoms with Crippen LogP contribution in [0.2, 0.25) is 0 Å². The van der Waals surface area contributed by atoms with E-state index >= 15 is 0 Å². The van der Waals surface area contributed by atoms with E-state index in [1.807, 2.05) is 0 Å². The third kappa shape index (κ3) is 3.63. The van der Waals surface area contributed by atoms with Gasteiger partial charge in [-0.3, -0.25) is 4.79 Å². The molecule has 1 aromatic carbocycles. The monoisotopic (exact) mass is 278 g/mol. The van der Waals surface area contributed by atoms with E-state index < -0.39 is 5.91 Å². The minimum Gasteiger partial charge on any atom is -0.482 e. The molecule has 20 heavy (non-hydrogen) atoms. The van der Waals surface area contributed by atoms with Gasteiger partial charge in [0, 0.05) is 0 Å². The van der Waals surface area contributed by atoms with Gasteiger partial charge in [-0.05, 0) is 43.9 Å². The summed E-state index contributed by atoms with van der Waals surface area (Å²) in [5, 5.41) is 0. The summed E-state index contributed by atoms with van der Waals surface area (Å²) < 4.78 is 10.5. The fraction of sp³-hybridized carbons (Fsp3) is 0.429. The number of carbonyl (C=O) groups excluding carboxylic acids is 2. The molecule has 0 heterocycles. The van der Waals surface area contributed by atoms with Gasteiger partial charge in [-0.1, -0.05) is 0 Å². The molecule has 6 nitrogen and oxygen atoms in total. The molecule has 0 aliphatic heterocycles. The lowest BCUT2D eigenvalue weighted by atomic mass is 10.2. The van der Waals surface area contributed by atoms with E-state index in [-0.39, 0.29) is 24.4 Å². The van der Waals surface area contributed by atoms with Crippen LogP contribution in [0.15, 0.2) is 18.2 Å². The molecule has 0 aromatic heterocycles. The number of rotatable bonds is 5. The van der Waals surface area contributed by atoms with Crippen LogP contribution in [0.3, 0.4) is 0 Å². The van der Waals surface area contributed by atoms with Crippen molar-refractivity contribution >= 4 is 17.6 Å². The van der Waals surface area contributed by atoms with Crippen molar-refractivity contribution in [2.45, 2.75) is 31.8 Å². The molecule has 0 saturated heterocycles. The minimum absolute atomic E-state index is 0.00881. The lowest BCUT2D eigenvalue weighted by molar-refractivity contribution is -0.119. The number of benzene rings is 1. The lowest BCUT2D eigenvalue weighted by Gasteiger charge is -2.12. The zero-order valence-electron chi connectivity index (χ0n) is 11.1. The first-order valence-electron chi connectivity index (χ1n) is 6.58. The maximum absolute atomic E-state index is 11.9. The molecular formula is C14H18N2O4. The lowest BCUT2D eigenvalue weighted by Crippen LogP contribution is -2.20. The first-order valence-corrected chi connectivity index (χ1v) is 6.58. The topological polar surface area (TPSA) is 105 Å². The summed E-state index contributed by atoms with van der Waals surface area (Å²) in [5.41, 5.74) is 11.4. The zero-order chi connectivity index (χ0) is 14.5. The number of ether oxygens (including phenoxy) is 2. The van der Waals surface area contributed by atoms with Gasteiger partial charge in [0.15, 0.2) is 6.61 Å². The van der Waals surface area contributed by atoms with Crippen molar-refractivity contribution in [2.24, 2.45) is 5.73 Å². The number of hydrogen-bond donors (Lipinski definition) is 2. The van der Waals surface area contributed by atoms with Gasteiger partial charge in [0.2, 0.25) is 0 Å². The largest absolute Gasteiger partial charge is 0.482 e. The average molecular weight is 278 g/mol. The first kappa shape index (κ1) is 14.2. The second-order valence-corrected chi connectivity index (χ2v) is 4.82. The number of nitrogen functional groups attached to an aromatic ring is 1. The molecule has 0 unspecified atom stereocenters. The summed E-state index contributed by atoms with van der Waals surface area (Å²) in [7, 11) is 0. The molecule has 108 valence electrons. The quantitative estimate of drug-likeness (QED) is 0.622. The Morgan fingerprint density at radius 2 is 1.95 bits per heavy atom. The van der Waals surface area contributed by atoms with Crippen LogP contribution in [0, 0.1) is 0 Å². The van der Waals surface area contributed by atoms with Crippen LogP contribution in [0.25, 0.3) is 0 Å². The number of nitrogens with two attached hydrogens (primary N) is 2. The Morgan fingerprint density at radius 3 is 2.55 bits per heavy atom. The van der Waals surface area contributed by atoms with Gasteiger partial charge >= 0.3 is 5.97 Å². The van der Waals surface area contributed by atoms with Crippen LogP contribution >= 0.6 is 0 Å². The summed E-state index contributed by atoms with van der Waals surface area (Å²) in [4.78, 5) is 22.6. The fourth-order valence-electron chi connectivity index (χ4n) is 2.18. The van der Waals surface area contributed by atoms with E-state index in [0.29, 0.717) is 11.3 Å². The minimum atomic E-state index is -0.589. The highest BCUT2D eigenvalue weighted by molar-refractivity contribution is 5.91. The molecule has 0 radical (unpaired) electrons. The molecule has 0 atom stereocenters. The van der Waals surface area contributed by atoms with Gasteiger partial charge in [-0.25, -0.2) is 4.79 Å². The Bertz CT molecular complexity index is 510. The summed E-state index contributed by atoms with van der Waals surface area (Å²) >= 11 is 0. The van der Waals surface area contributed by atoms with Crippen molar-refractivity contribution in [1.82, 2.24) is 0 Å². The fourth-order valence-corrected chi connectivity index (χ4v) is 2.18. The van der Waals surface area contributed by atoms with E-state index in [1.54, 1.807) is 6.07 Å². The summed E-state index contributed by atoms with van der Waals surface area (Å²) in [5.74, 6) is -0.652. The van der Waals surface area contributed by atoms with Gasteiger partial charge in [0.1, 0.15) is 11.9 Å². The predicted octanol–water partition coefficient (Wildman–Crippen LogP) is 1.23. The molecule has 1 saturated carbocycles. The Hall–Kier alpha value is -2.24. The summed E-state index contributed by atoms with van der Waals surface area (Å²) in [6, 6.07) is 4.57. The van der Waals surface area contributed by atoms with Gasteiger partial charge in [0.25, 0.3) is 5.91 Å². The highest BCUT2D eigenvalue weighted by atomic mass is 16.5. The number of amides is 1. The highest BCUT2D eigenvalue weighted by Gasteiger charge is 2.20. The molecule has 2 rings (SSSR count). The van der Waals surface area contributed by atoms with Crippen molar-refractivity contribution in [3.63, 3.8) is 0 Å². The van der Waals surface area contributed by atoms with Gasteiger partial charge in [-0.15, -0.1) is 0 Å². The molecule has 1 amide bonds. The van der Waals surface area contributed by atoms with E-state index in [4.69, 9.17) is 20.9 Å². The van der Waals surface area contributed by atoms with Crippen molar-refractivity contribution in [3.8, 4) is 5.75 Å². The molecule has 1 aliphatic carbocycles. The molecule has 4 N–H and O–H groups in total. The van der Waals surface area contributed by atoms with Gasteiger partial charge in [0.05, 0.1) is 11.3 Å². The van der Waals surface area contributed by atoms with Crippen molar-refractivity contribution in [3.05, 3.63) is 23.8 Å². The Labute approximate surface area is 117 Å². The molecule has 0 bridgehead atoms. The van der Waals surface area contributed by atoms with Crippen LogP contribution in [0.5, 0.6) is 5.75 Å². The smallest absolute Gasteiger partial charge is 0.338 e. The number of primary amides is 1. The highest BCUT2D eigenvalue weighted by Crippen LogP contribution is 2.25. The number of esters is 1. The number of anilines is 1. The van der Waals surface area contributed by atoms with Gasteiger partial charge in [-0.2, -0.15) is 0 Å². The van der Waals surface area contributed by atoms with Crippen molar-refractivity contribution < 1.29 is 19.1 Å². The zero-order valence-corrected chi connectivity index (χ0v) is 11.1. The molecule has 1 fully saturated rings. The van der Waals surface area contributed by atoms with Crippen LogP contribution in [0.1, 0.15) is 36.0 Å². The molecule has 6 heteroatoms. The van der Waals surface area contributed by atoms with E-state index in [9.17, 15) is 9.59 Å². The molecule has 1 aliphatic rings. The molecular weight excluding hydrogens is 260 g/mol. The van der Waals surface area contributed by atoms with Crippen LogP contribution in [0.4, 0.5) is 5.69 Å². The Morgan fingerprint density at radius 1 is 1.25 bits per heavy atom. The predicted molar refractivity (Wildman–Crippen MR) is 73.2 cm³/mol. The van der Waals surface area contributed by atoms with Crippen molar-refractivity contribution in [2.75, 3.05) is 12.3 Å². The summed E-state index contributed by atoms with van der Waals surface area (Å²) in [6.45, 7) is -0.254. The van der Waals surface area contributed by atoms with E-state index in [0.717, 1.165) is 25.7 Å². The van der Waals surface area contributed by atoms with Crippen LogP contribution in [-0.4, -0.2) is 24.6 Å². The van der Waals surface area contributed by atoms with Crippen LogP contribution < -0.4 is 16.2 Å². The average Bonchev–Trinajstić information content (AvgIpc) is 2.89. The number of carbonyl (C=O) groups is 2. The maximum Gasteiger partial charge on any atom is 0.338 e. The maximum atomic E-state index is 11.9. The third-order valence-corrected chi connectivity index (χ3v) is 3.19. The molecule has 0 spiro atoms. The van der Waals surface area contributed by atoms with Crippen molar-refractivity contribution in [1.29, 1.82) is 0 Å². The summed E-state index contributed by atoms with van der Waals surface area (Å²) in [6.07, 6.45) is 4.04. The Kier molecular flexibility index (Phi) is 4.45. The third-order valence-electron chi connectivity index (χ3n) is 3.19. The Balaban J connectivity index is 2.00. The van der Waals surface area contributed by atoms with Crippen LogP contribution in [-0.2, 0) is 9.53 Å². The second kappa shape index (κ2) is 6.27. The van der Waals surface area contributed by atoms with E-state index in [2.05, 4.69) is 0 Å². The first-order chi connectivity index (χ1) is 9.56. The normalized spacial score (nSPS) is 15.0. The van der Waals surface area contributed by atoms with Gasteiger partial charge < -0.3 is 20.9 Å². The van der Waals surface area contributed by atoms with E-state index in [1.165, 1.54) is 12.1 Å². The SMILES string of the molecule is NC(=O)COc1ccc(C(=O)OC2CCCC2)cc1N. The molecule has 1 aromatic rings. The number of hydrogen-bond acceptors (Lipinski definition) is 5. The standard InChI is InChI=1S/C14H18N2O4/c15-11-7-9(5-6-12(11)19-8-13(16)17)14(18)20-10-3-1-2-4-10/h5-7,10H,1-4,8,15H2,(H2,16,17).